The van der Waals surface area contributed by atoms with E-state index in [1.807, 2.05) is 6.07 Å². The van der Waals surface area contributed by atoms with Gasteiger partial charge in [-0.2, -0.15) is 0 Å². The Balaban J connectivity index is 1.91. The molecule has 2 N–H and O–H groups in total. The summed E-state index contributed by atoms with van der Waals surface area (Å²) in [5.41, 5.74) is 0.659. The number of carboxylic acid groups (broad SMARTS) is 1. The number of hydrogen-bond acceptors (Lipinski definition) is 5. The van der Waals surface area contributed by atoms with Crippen LogP contribution in [0.2, 0.25) is 0 Å². The second-order valence-corrected chi connectivity index (χ2v) is 6.68. The van der Waals surface area contributed by atoms with Crippen LogP contribution in [0.1, 0.15) is 15.9 Å². The molecule has 0 radical (unpaired) electrons. The average molecular weight is 348 g/mol. The van der Waals surface area contributed by atoms with Crippen LogP contribution in [0.5, 0.6) is 5.75 Å². The smallest absolute Gasteiger partial charge is 0.335 e. The Labute approximate surface area is 138 Å². The molecule has 0 aliphatic carbocycles. The molecule has 0 saturated heterocycles. The van der Waals surface area contributed by atoms with Crippen LogP contribution in [0.3, 0.4) is 0 Å². The van der Waals surface area contributed by atoms with Crippen LogP contribution in [0.15, 0.2) is 54.6 Å². The van der Waals surface area contributed by atoms with E-state index < -0.39 is 25.8 Å². The van der Waals surface area contributed by atoms with Gasteiger partial charge in [0.25, 0.3) is 0 Å². The monoisotopic (exact) mass is 348 g/mol. The van der Waals surface area contributed by atoms with E-state index in [-0.39, 0.29) is 17.7 Å². The van der Waals surface area contributed by atoms with Gasteiger partial charge < -0.3 is 19.8 Å². The highest BCUT2D eigenvalue weighted by Crippen LogP contribution is 2.37. The predicted octanol–water partition coefficient (Wildman–Crippen LogP) is 1.63. The van der Waals surface area contributed by atoms with Crippen molar-refractivity contribution < 1.29 is 28.7 Å². The van der Waals surface area contributed by atoms with Gasteiger partial charge in [0.05, 0.1) is 18.3 Å². The van der Waals surface area contributed by atoms with E-state index in [4.69, 9.17) is 9.63 Å². The van der Waals surface area contributed by atoms with Crippen molar-refractivity contribution in [3.8, 4) is 5.75 Å². The molecule has 0 saturated carbocycles. The summed E-state index contributed by atoms with van der Waals surface area (Å²) in [5.74, 6) is -1.77. The fraction of sp³-hybridized carbons (Fsp3) is 0.125. The summed E-state index contributed by atoms with van der Waals surface area (Å²) in [6.45, 7) is 0. The maximum Gasteiger partial charge on any atom is 0.335 e. The molecule has 0 spiro atoms. The fourth-order valence-electron chi connectivity index (χ4n) is 1.91. The minimum absolute atomic E-state index is 0.0509. The lowest BCUT2D eigenvalue weighted by atomic mass is 10.1. The Hall–Kier alpha value is -2.63. The van der Waals surface area contributed by atoms with Crippen molar-refractivity contribution in [2.24, 2.45) is 0 Å². The zero-order valence-electron chi connectivity index (χ0n) is 12.5. The average Bonchev–Trinajstić information content (AvgIpc) is 2.54. The summed E-state index contributed by atoms with van der Waals surface area (Å²) < 4.78 is 16.7. The van der Waals surface area contributed by atoms with Crippen molar-refractivity contribution in [1.29, 1.82) is 0 Å². The number of benzene rings is 2. The van der Waals surface area contributed by atoms with Crippen molar-refractivity contribution in [1.82, 2.24) is 5.32 Å². The third-order valence-electron chi connectivity index (χ3n) is 3.00. The molecule has 0 aliphatic heterocycles. The van der Waals surface area contributed by atoms with Gasteiger partial charge in [0.2, 0.25) is 13.5 Å². The summed E-state index contributed by atoms with van der Waals surface area (Å²) >= 11 is 0. The SMILES string of the molecule is O=C(Cc1ccccc1)NCP(=O)([O-])Oc1cccc(C(=O)O)c1. The molecule has 1 amide bonds. The number of amides is 1. The van der Waals surface area contributed by atoms with Crippen LogP contribution < -0.4 is 14.7 Å². The third-order valence-corrected chi connectivity index (χ3v) is 4.04. The molecule has 1 unspecified atom stereocenters. The van der Waals surface area contributed by atoms with Crippen molar-refractivity contribution in [2.45, 2.75) is 6.42 Å². The zero-order chi connectivity index (χ0) is 17.6. The lowest BCUT2D eigenvalue weighted by molar-refractivity contribution is -0.191. The summed E-state index contributed by atoms with van der Waals surface area (Å²) in [5, 5.41) is 11.1. The Morgan fingerprint density at radius 1 is 1.12 bits per heavy atom. The highest BCUT2D eigenvalue weighted by Gasteiger charge is 2.14. The van der Waals surface area contributed by atoms with Crippen LogP contribution in [-0.2, 0) is 15.8 Å². The molecule has 0 aliphatic rings. The molecule has 2 rings (SSSR count). The van der Waals surface area contributed by atoms with E-state index in [0.717, 1.165) is 11.6 Å². The lowest BCUT2D eigenvalue weighted by Gasteiger charge is -2.24. The summed E-state index contributed by atoms with van der Waals surface area (Å²) in [6, 6.07) is 14.0. The molecular formula is C16H15NO6P-. The standard InChI is InChI=1S/C16H16NO6P/c18-15(9-12-5-2-1-3-6-12)17-11-24(21,22)23-14-8-4-7-13(10-14)16(19)20/h1-8,10H,9,11H2,(H,17,18)(H,19,20)(H,21,22)/p-1. The first-order valence-electron chi connectivity index (χ1n) is 6.99. The minimum Gasteiger partial charge on any atom is -0.768 e. The molecule has 2 aromatic carbocycles. The van der Waals surface area contributed by atoms with E-state index in [1.54, 1.807) is 24.3 Å². The van der Waals surface area contributed by atoms with E-state index in [9.17, 15) is 19.0 Å². The summed E-state index contributed by atoms with van der Waals surface area (Å²) in [6.07, 6.45) is -0.634. The second kappa shape index (κ2) is 7.77. The first kappa shape index (κ1) is 17.7. The van der Waals surface area contributed by atoms with Gasteiger partial charge in [-0.25, -0.2) is 4.79 Å². The Bertz CT molecular complexity index is 777. The Morgan fingerprint density at radius 3 is 2.50 bits per heavy atom. The zero-order valence-corrected chi connectivity index (χ0v) is 13.4. The number of aromatic carboxylic acids is 1. The molecule has 1 atom stereocenters. The molecule has 0 fully saturated rings. The molecule has 2 aromatic rings. The van der Waals surface area contributed by atoms with Gasteiger partial charge in [-0.05, 0) is 23.8 Å². The van der Waals surface area contributed by atoms with E-state index in [1.165, 1.54) is 18.2 Å². The number of carbonyl (C=O) groups excluding carboxylic acids is 1. The Morgan fingerprint density at radius 2 is 1.83 bits per heavy atom. The van der Waals surface area contributed by atoms with Crippen molar-refractivity contribution in [3.05, 3.63) is 65.7 Å². The van der Waals surface area contributed by atoms with Gasteiger partial charge in [0.1, 0.15) is 5.75 Å². The van der Waals surface area contributed by atoms with Crippen LogP contribution in [0.25, 0.3) is 0 Å². The number of hydrogen-bond donors (Lipinski definition) is 2. The summed E-state index contributed by atoms with van der Waals surface area (Å²) in [7, 11) is -4.40. The van der Waals surface area contributed by atoms with Gasteiger partial charge in [0.15, 0.2) is 0 Å². The molecule has 7 nitrogen and oxygen atoms in total. The molecular weight excluding hydrogens is 333 g/mol. The van der Waals surface area contributed by atoms with Crippen LogP contribution in [0.4, 0.5) is 0 Å². The lowest BCUT2D eigenvalue weighted by Crippen LogP contribution is -2.30. The van der Waals surface area contributed by atoms with E-state index >= 15 is 0 Å². The number of nitrogens with one attached hydrogen (secondary N) is 1. The van der Waals surface area contributed by atoms with Crippen LogP contribution in [-0.4, -0.2) is 23.3 Å². The molecule has 0 heterocycles. The fourth-order valence-corrected chi connectivity index (χ4v) is 2.78. The van der Waals surface area contributed by atoms with E-state index in [0.29, 0.717) is 0 Å². The van der Waals surface area contributed by atoms with Gasteiger partial charge in [-0.15, -0.1) is 0 Å². The highest BCUT2D eigenvalue weighted by atomic mass is 31.2. The molecule has 24 heavy (non-hydrogen) atoms. The van der Waals surface area contributed by atoms with Crippen molar-refractivity contribution >= 4 is 19.5 Å². The first-order valence-corrected chi connectivity index (χ1v) is 8.72. The predicted molar refractivity (Wildman–Crippen MR) is 84.8 cm³/mol. The van der Waals surface area contributed by atoms with Crippen LogP contribution in [0, 0.1) is 0 Å². The van der Waals surface area contributed by atoms with Crippen molar-refractivity contribution in [3.63, 3.8) is 0 Å². The highest BCUT2D eigenvalue weighted by molar-refractivity contribution is 7.51. The molecule has 0 bridgehead atoms. The first-order chi connectivity index (χ1) is 11.4. The normalized spacial score (nSPS) is 12.9. The van der Waals surface area contributed by atoms with Gasteiger partial charge in [-0.1, -0.05) is 36.4 Å². The molecule has 8 heteroatoms. The number of carboxylic acids is 1. The maximum absolute atomic E-state index is 11.9. The minimum atomic E-state index is -4.40. The Kier molecular flexibility index (Phi) is 5.73. The second-order valence-electron chi connectivity index (χ2n) is 4.96. The third kappa shape index (κ3) is 5.53. The summed E-state index contributed by atoms with van der Waals surface area (Å²) in [4.78, 5) is 34.5. The van der Waals surface area contributed by atoms with Crippen LogP contribution >= 0.6 is 7.60 Å². The van der Waals surface area contributed by atoms with Gasteiger partial charge in [0, 0.05) is 0 Å². The largest absolute Gasteiger partial charge is 0.768 e. The number of carbonyl (C=O) groups is 2. The van der Waals surface area contributed by atoms with Gasteiger partial charge in [-0.3, -0.25) is 9.36 Å². The molecule has 126 valence electrons. The topological polar surface area (TPSA) is 116 Å². The maximum atomic E-state index is 11.9. The van der Waals surface area contributed by atoms with Gasteiger partial charge >= 0.3 is 5.97 Å². The quantitative estimate of drug-likeness (QED) is 0.735. The van der Waals surface area contributed by atoms with Crippen molar-refractivity contribution in [2.75, 3.05) is 6.29 Å². The van der Waals surface area contributed by atoms with E-state index in [2.05, 4.69) is 5.32 Å². The number of rotatable bonds is 7. The molecule has 0 aromatic heterocycles.